The van der Waals surface area contributed by atoms with Crippen molar-refractivity contribution in [3.63, 3.8) is 0 Å². The molecule has 0 aliphatic heterocycles. The predicted octanol–water partition coefficient (Wildman–Crippen LogP) is 2.95. The lowest BCUT2D eigenvalue weighted by Crippen LogP contribution is -2.31. The minimum absolute atomic E-state index is 0.0708. The van der Waals surface area contributed by atoms with Gasteiger partial charge in [0.05, 0.1) is 10.9 Å². The van der Waals surface area contributed by atoms with Crippen molar-refractivity contribution in [3.8, 4) is 0 Å². The Balaban J connectivity index is 2.08. The summed E-state index contributed by atoms with van der Waals surface area (Å²) in [6, 6.07) is 6.33. The first kappa shape index (κ1) is 16.7. The first-order valence-electron chi connectivity index (χ1n) is 7.33. The van der Waals surface area contributed by atoms with Gasteiger partial charge in [0.2, 0.25) is 5.91 Å². The highest BCUT2D eigenvalue weighted by molar-refractivity contribution is 5.92. The number of likely N-dealkylation sites (N-methyl/N-ethyl adjacent to an activating group) is 1. The lowest BCUT2D eigenvalue weighted by molar-refractivity contribution is -0.121. The fraction of sp³-hybridized carbons (Fsp3) is 0.118. The number of fused-ring (bicyclic) bond motifs is 1. The molecule has 5 nitrogen and oxygen atoms in total. The fourth-order valence-electron chi connectivity index (χ4n) is 2.45. The lowest BCUT2D eigenvalue weighted by atomic mass is 10.1. The second kappa shape index (κ2) is 6.76. The van der Waals surface area contributed by atoms with Gasteiger partial charge in [0.15, 0.2) is 11.6 Å². The van der Waals surface area contributed by atoms with Crippen LogP contribution in [0.2, 0.25) is 0 Å². The molecule has 0 aliphatic carbocycles. The van der Waals surface area contributed by atoms with Crippen LogP contribution >= 0.6 is 0 Å². The highest BCUT2D eigenvalue weighted by Crippen LogP contribution is 2.27. The molecule has 3 rings (SSSR count). The molecule has 1 atom stereocenters. The van der Waals surface area contributed by atoms with Gasteiger partial charge >= 0.3 is 0 Å². The summed E-state index contributed by atoms with van der Waals surface area (Å²) in [5.74, 6) is -3.14. The maximum Gasteiger partial charge on any atom is 0.246 e. The Kier molecular flexibility index (Phi) is 4.51. The molecule has 1 heterocycles. The van der Waals surface area contributed by atoms with E-state index in [0.29, 0.717) is 5.52 Å². The van der Waals surface area contributed by atoms with Crippen molar-refractivity contribution in [2.45, 2.75) is 6.04 Å². The Morgan fingerprint density at radius 3 is 2.56 bits per heavy atom. The van der Waals surface area contributed by atoms with E-state index in [-0.39, 0.29) is 16.8 Å². The highest BCUT2D eigenvalue weighted by Gasteiger charge is 2.23. The fourth-order valence-corrected chi connectivity index (χ4v) is 2.45. The predicted molar refractivity (Wildman–Crippen MR) is 86.3 cm³/mol. The standard InChI is InChI=1S/C17H13F3N4O/c1-21-17(25)15(9-5-6-10(18)12(20)7-9)24-16-14-11(19)3-2-4-13(14)22-8-23-16/h2-8,15H,1H3,(H,21,25)(H,22,23,24)/t15-/m1/s1. The van der Waals surface area contributed by atoms with Crippen LogP contribution < -0.4 is 10.6 Å². The zero-order valence-corrected chi connectivity index (χ0v) is 13.1. The van der Waals surface area contributed by atoms with Crippen molar-refractivity contribution in [1.29, 1.82) is 0 Å². The summed E-state index contributed by atoms with van der Waals surface area (Å²) in [5.41, 5.74) is 0.514. The van der Waals surface area contributed by atoms with E-state index >= 15 is 0 Å². The SMILES string of the molecule is CNC(=O)[C@H](Nc1ncnc2cccc(F)c12)c1ccc(F)c(F)c1. The zero-order valence-electron chi connectivity index (χ0n) is 13.1. The van der Waals surface area contributed by atoms with Crippen LogP contribution in [0, 0.1) is 17.5 Å². The van der Waals surface area contributed by atoms with Crippen molar-refractivity contribution in [2.75, 3.05) is 12.4 Å². The number of carbonyl (C=O) groups excluding carboxylic acids is 1. The summed E-state index contributed by atoms with van der Waals surface area (Å²) in [6.07, 6.45) is 1.22. The van der Waals surface area contributed by atoms with Crippen LogP contribution in [0.1, 0.15) is 11.6 Å². The van der Waals surface area contributed by atoms with Crippen molar-refractivity contribution in [2.24, 2.45) is 0 Å². The molecule has 2 aromatic carbocycles. The van der Waals surface area contributed by atoms with E-state index in [2.05, 4.69) is 20.6 Å². The first-order valence-corrected chi connectivity index (χ1v) is 7.33. The van der Waals surface area contributed by atoms with Gasteiger partial charge in [-0.3, -0.25) is 4.79 Å². The number of benzene rings is 2. The molecule has 3 aromatic rings. The normalized spacial score (nSPS) is 12.0. The molecule has 1 aromatic heterocycles. The lowest BCUT2D eigenvalue weighted by Gasteiger charge is -2.19. The van der Waals surface area contributed by atoms with E-state index < -0.39 is 29.4 Å². The highest BCUT2D eigenvalue weighted by atomic mass is 19.2. The number of anilines is 1. The number of nitrogens with zero attached hydrogens (tertiary/aromatic N) is 2. The first-order chi connectivity index (χ1) is 12.0. The number of halogens is 3. The van der Waals surface area contributed by atoms with E-state index in [9.17, 15) is 18.0 Å². The van der Waals surface area contributed by atoms with E-state index in [1.54, 1.807) is 6.07 Å². The molecule has 0 spiro atoms. The molecule has 0 saturated heterocycles. The van der Waals surface area contributed by atoms with Crippen LogP contribution in [0.5, 0.6) is 0 Å². The van der Waals surface area contributed by atoms with Crippen LogP contribution in [-0.2, 0) is 4.79 Å². The van der Waals surface area contributed by atoms with Gasteiger partial charge in [-0.1, -0.05) is 12.1 Å². The topological polar surface area (TPSA) is 66.9 Å². The minimum Gasteiger partial charge on any atom is -0.357 e. The Labute approximate surface area is 140 Å². The second-order valence-corrected chi connectivity index (χ2v) is 5.22. The summed E-state index contributed by atoms with van der Waals surface area (Å²) in [4.78, 5) is 20.2. The second-order valence-electron chi connectivity index (χ2n) is 5.22. The Bertz CT molecular complexity index is 943. The number of hydrogen-bond acceptors (Lipinski definition) is 4. The maximum absolute atomic E-state index is 14.2. The molecule has 0 bridgehead atoms. The van der Waals surface area contributed by atoms with Gasteiger partial charge < -0.3 is 10.6 Å². The molecule has 0 fully saturated rings. The zero-order chi connectivity index (χ0) is 18.0. The average molecular weight is 346 g/mol. The molecular weight excluding hydrogens is 333 g/mol. The van der Waals surface area contributed by atoms with Gasteiger partial charge in [0, 0.05) is 7.05 Å². The molecule has 0 radical (unpaired) electrons. The Hall–Kier alpha value is -3.16. The van der Waals surface area contributed by atoms with Gasteiger partial charge in [0.25, 0.3) is 0 Å². The molecule has 0 saturated carbocycles. The molecule has 0 unspecified atom stereocenters. The summed E-state index contributed by atoms with van der Waals surface area (Å²) in [6.45, 7) is 0. The van der Waals surface area contributed by atoms with Gasteiger partial charge in [0.1, 0.15) is 24.0 Å². The smallest absolute Gasteiger partial charge is 0.246 e. The maximum atomic E-state index is 14.2. The van der Waals surface area contributed by atoms with Crippen LogP contribution in [0.3, 0.4) is 0 Å². The van der Waals surface area contributed by atoms with Crippen molar-refractivity contribution < 1.29 is 18.0 Å². The minimum atomic E-state index is -1.10. The number of hydrogen-bond donors (Lipinski definition) is 2. The molecule has 1 amide bonds. The summed E-state index contributed by atoms with van der Waals surface area (Å²) >= 11 is 0. The van der Waals surface area contributed by atoms with Gasteiger partial charge in [-0.15, -0.1) is 0 Å². The summed E-state index contributed by atoms with van der Waals surface area (Å²) in [7, 11) is 1.40. The van der Waals surface area contributed by atoms with Gasteiger partial charge in [-0.2, -0.15) is 0 Å². The monoisotopic (exact) mass is 346 g/mol. The van der Waals surface area contributed by atoms with Gasteiger partial charge in [-0.05, 0) is 29.8 Å². The average Bonchev–Trinajstić information content (AvgIpc) is 2.61. The van der Waals surface area contributed by atoms with E-state index in [1.165, 1.54) is 31.6 Å². The van der Waals surface area contributed by atoms with E-state index in [4.69, 9.17) is 0 Å². The van der Waals surface area contributed by atoms with Crippen LogP contribution in [0.25, 0.3) is 10.9 Å². The van der Waals surface area contributed by atoms with Crippen LogP contribution in [0.4, 0.5) is 19.0 Å². The van der Waals surface area contributed by atoms with Gasteiger partial charge in [-0.25, -0.2) is 23.1 Å². The number of aromatic nitrogens is 2. The number of carbonyl (C=O) groups is 1. The molecule has 8 heteroatoms. The number of nitrogens with one attached hydrogen (secondary N) is 2. The Morgan fingerprint density at radius 1 is 1.04 bits per heavy atom. The molecular formula is C17H13F3N4O. The van der Waals surface area contributed by atoms with Crippen molar-refractivity contribution in [3.05, 3.63) is 65.7 Å². The van der Waals surface area contributed by atoms with Crippen molar-refractivity contribution >= 4 is 22.6 Å². The third-order valence-corrected chi connectivity index (χ3v) is 3.68. The summed E-state index contributed by atoms with van der Waals surface area (Å²) < 4.78 is 40.9. The third-order valence-electron chi connectivity index (χ3n) is 3.68. The number of amides is 1. The van der Waals surface area contributed by atoms with Crippen LogP contribution in [0.15, 0.2) is 42.7 Å². The van der Waals surface area contributed by atoms with Crippen LogP contribution in [-0.4, -0.2) is 22.9 Å². The number of rotatable bonds is 4. The summed E-state index contributed by atoms with van der Waals surface area (Å²) in [5, 5.41) is 5.31. The molecule has 25 heavy (non-hydrogen) atoms. The quantitative estimate of drug-likeness (QED) is 0.762. The van der Waals surface area contributed by atoms with Crippen molar-refractivity contribution in [1.82, 2.24) is 15.3 Å². The van der Waals surface area contributed by atoms with E-state index in [0.717, 1.165) is 12.1 Å². The Morgan fingerprint density at radius 2 is 1.84 bits per heavy atom. The largest absolute Gasteiger partial charge is 0.357 e. The molecule has 0 aliphatic rings. The third kappa shape index (κ3) is 3.23. The molecule has 128 valence electrons. The van der Waals surface area contributed by atoms with E-state index in [1.807, 2.05) is 0 Å². The molecule has 2 N–H and O–H groups in total.